The van der Waals surface area contributed by atoms with Crippen molar-refractivity contribution in [1.29, 1.82) is 0 Å². The van der Waals surface area contributed by atoms with Gasteiger partial charge in [-0.2, -0.15) is 22.8 Å². The zero-order valence-electron chi connectivity index (χ0n) is 12.9. The van der Waals surface area contributed by atoms with E-state index < -0.39 is 17.6 Å². The lowest BCUT2D eigenvalue weighted by molar-refractivity contribution is -0.137. The fraction of sp³-hybridized carbons (Fsp3) is 0.294. The molecule has 0 radical (unpaired) electrons. The van der Waals surface area contributed by atoms with Crippen molar-refractivity contribution in [1.82, 2.24) is 14.6 Å². The molecule has 0 aliphatic heterocycles. The molecule has 4 nitrogen and oxygen atoms in total. The summed E-state index contributed by atoms with van der Waals surface area (Å²) in [5.74, 6) is -0.975. The van der Waals surface area contributed by atoms with Crippen LogP contribution in [0.3, 0.4) is 0 Å². The summed E-state index contributed by atoms with van der Waals surface area (Å²) in [6, 6.07) is 4.03. The number of benzene rings is 1. The number of rotatable bonds is 3. The second-order valence-electron chi connectivity index (χ2n) is 6.20. The highest BCUT2D eigenvalue weighted by Crippen LogP contribution is 2.43. The van der Waals surface area contributed by atoms with Crippen molar-refractivity contribution >= 4 is 5.65 Å². The van der Waals surface area contributed by atoms with Gasteiger partial charge in [0.1, 0.15) is 5.82 Å². The second kappa shape index (κ2) is 5.44. The van der Waals surface area contributed by atoms with Crippen LogP contribution >= 0.6 is 0 Å². The maximum atomic E-state index is 13.6. The summed E-state index contributed by atoms with van der Waals surface area (Å²) < 4.78 is 53.6. The molecule has 0 bridgehead atoms. The SMILES string of the molecule is Oc1c(Cc2cc(F)cc(C(F)(F)F)c2)c(C2CC2)nc2ccnn12. The summed E-state index contributed by atoms with van der Waals surface area (Å²) in [6.07, 6.45) is -1.41. The van der Waals surface area contributed by atoms with E-state index in [1.54, 1.807) is 6.07 Å². The monoisotopic (exact) mass is 351 g/mol. The van der Waals surface area contributed by atoms with Crippen LogP contribution in [0.15, 0.2) is 30.5 Å². The van der Waals surface area contributed by atoms with Gasteiger partial charge in [-0.1, -0.05) is 0 Å². The zero-order chi connectivity index (χ0) is 17.8. The van der Waals surface area contributed by atoms with Crippen LogP contribution in [-0.4, -0.2) is 19.7 Å². The van der Waals surface area contributed by atoms with E-state index >= 15 is 0 Å². The lowest BCUT2D eigenvalue weighted by Crippen LogP contribution is -2.08. The number of hydrogen-bond donors (Lipinski definition) is 1. The Kier molecular flexibility index (Phi) is 3.45. The van der Waals surface area contributed by atoms with Gasteiger partial charge >= 0.3 is 6.18 Å². The molecule has 1 aliphatic carbocycles. The average molecular weight is 351 g/mol. The molecule has 0 saturated heterocycles. The maximum Gasteiger partial charge on any atom is 0.416 e. The molecule has 1 fully saturated rings. The highest BCUT2D eigenvalue weighted by atomic mass is 19.4. The molecule has 1 aliphatic rings. The highest BCUT2D eigenvalue weighted by molar-refractivity contribution is 5.49. The van der Waals surface area contributed by atoms with Crippen molar-refractivity contribution in [3.8, 4) is 5.88 Å². The molecule has 0 amide bonds. The van der Waals surface area contributed by atoms with Gasteiger partial charge in [0.05, 0.1) is 17.5 Å². The molecule has 3 aromatic rings. The summed E-state index contributed by atoms with van der Waals surface area (Å²) >= 11 is 0. The molecule has 4 rings (SSSR count). The van der Waals surface area contributed by atoms with Crippen LogP contribution in [0.4, 0.5) is 17.6 Å². The molecular weight excluding hydrogens is 338 g/mol. The Morgan fingerprint density at radius 2 is 1.96 bits per heavy atom. The van der Waals surface area contributed by atoms with Gasteiger partial charge in [-0.3, -0.25) is 0 Å². The molecule has 130 valence electrons. The summed E-state index contributed by atoms with van der Waals surface area (Å²) in [7, 11) is 0. The molecule has 0 unspecified atom stereocenters. The van der Waals surface area contributed by atoms with Crippen molar-refractivity contribution in [3.05, 3.63) is 58.7 Å². The Morgan fingerprint density at radius 1 is 1.20 bits per heavy atom. The minimum absolute atomic E-state index is 0.0543. The Morgan fingerprint density at radius 3 is 2.64 bits per heavy atom. The lowest BCUT2D eigenvalue weighted by atomic mass is 10.00. The number of halogens is 4. The number of aromatic nitrogens is 3. The van der Waals surface area contributed by atoms with E-state index in [0.717, 1.165) is 25.0 Å². The first kappa shape index (κ1) is 15.9. The van der Waals surface area contributed by atoms with E-state index in [1.165, 1.54) is 10.7 Å². The molecule has 1 saturated carbocycles. The predicted octanol–water partition coefficient (Wildman–Crippen LogP) is 4.06. The Labute approximate surface area is 139 Å². The van der Waals surface area contributed by atoms with Gasteiger partial charge in [-0.05, 0) is 36.6 Å². The quantitative estimate of drug-likeness (QED) is 0.724. The van der Waals surface area contributed by atoms with E-state index in [9.17, 15) is 22.7 Å². The van der Waals surface area contributed by atoms with Crippen LogP contribution in [0.5, 0.6) is 5.88 Å². The van der Waals surface area contributed by atoms with Gasteiger partial charge in [0.25, 0.3) is 0 Å². The summed E-state index contributed by atoms with van der Waals surface area (Å²) in [4.78, 5) is 4.47. The van der Waals surface area contributed by atoms with Gasteiger partial charge in [0, 0.05) is 24.0 Å². The van der Waals surface area contributed by atoms with Crippen molar-refractivity contribution in [2.45, 2.75) is 31.4 Å². The summed E-state index contributed by atoms with van der Waals surface area (Å²) in [6.45, 7) is 0. The molecule has 1 N–H and O–H groups in total. The minimum Gasteiger partial charge on any atom is -0.493 e. The van der Waals surface area contributed by atoms with Gasteiger partial charge in [-0.25, -0.2) is 9.37 Å². The second-order valence-corrected chi connectivity index (χ2v) is 6.20. The number of aromatic hydroxyl groups is 1. The maximum absolute atomic E-state index is 13.6. The fourth-order valence-corrected chi connectivity index (χ4v) is 2.96. The minimum atomic E-state index is -4.64. The largest absolute Gasteiger partial charge is 0.493 e. The first-order chi connectivity index (χ1) is 11.8. The zero-order valence-corrected chi connectivity index (χ0v) is 12.9. The first-order valence-electron chi connectivity index (χ1n) is 7.75. The number of alkyl halides is 3. The van der Waals surface area contributed by atoms with E-state index in [4.69, 9.17) is 0 Å². The lowest BCUT2D eigenvalue weighted by Gasteiger charge is -2.13. The molecular formula is C17H13F4N3O. The number of nitrogens with zero attached hydrogens (tertiary/aromatic N) is 3. The van der Waals surface area contributed by atoms with E-state index in [1.807, 2.05) is 0 Å². The normalized spacial score (nSPS) is 15.0. The topological polar surface area (TPSA) is 50.4 Å². The number of hydrogen-bond acceptors (Lipinski definition) is 3. The van der Waals surface area contributed by atoms with Crippen LogP contribution in [-0.2, 0) is 12.6 Å². The van der Waals surface area contributed by atoms with Crippen LogP contribution in [0, 0.1) is 5.82 Å². The fourth-order valence-electron chi connectivity index (χ4n) is 2.96. The Bertz CT molecular complexity index is 960. The first-order valence-corrected chi connectivity index (χ1v) is 7.75. The summed E-state index contributed by atoms with van der Waals surface area (Å²) in [5.41, 5.74) is 0.569. The summed E-state index contributed by atoms with van der Waals surface area (Å²) in [5, 5.41) is 14.5. The smallest absolute Gasteiger partial charge is 0.416 e. The molecule has 8 heteroatoms. The van der Waals surface area contributed by atoms with Gasteiger partial charge < -0.3 is 5.11 Å². The van der Waals surface area contributed by atoms with Crippen molar-refractivity contribution in [2.75, 3.05) is 0 Å². The highest BCUT2D eigenvalue weighted by Gasteiger charge is 2.33. The van der Waals surface area contributed by atoms with Crippen molar-refractivity contribution in [3.63, 3.8) is 0 Å². The molecule has 0 atom stereocenters. The van der Waals surface area contributed by atoms with Crippen molar-refractivity contribution < 1.29 is 22.7 Å². The Hall–Kier alpha value is -2.64. The third-order valence-corrected chi connectivity index (χ3v) is 4.27. The molecule has 2 aromatic heterocycles. The van der Waals surface area contributed by atoms with Crippen LogP contribution in [0.2, 0.25) is 0 Å². The van der Waals surface area contributed by atoms with Crippen LogP contribution < -0.4 is 0 Å². The molecule has 0 spiro atoms. The number of fused-ring (bicyclic) bond motifs is 1. The third kappa shape index (κ3) is 2.92. The standard InChI is InChI=1S/C17H13F4N3O/c18-12-6-9(5-11(8-12)17(19,20)21)7-13-15(10-1-2-10)23-14-3-4-22-24(14)16(13)25/h3-6,8,10,25H,1-2,7H2. The average Bonchev–Trinajstić information content (AvgIpc) is 3.26. The van der Waals surface area contributed by atoms with Crippen LogP contribution in [0.1, 0.15) is 41.1 Å². The molecule has 1 aromatic carbocycles. The Balaban J connectivity index is 1.82. The van der Waals surface area contributed by atoms with E-state index in [-0.39, 0.29) is 23.8 Å². The van der Waals surface area contributed by atoms with E-state index in [0.29, 0.717) is 23.0 Å². The van der Waals surface area contributed by atoms with Crippen LogP contribution in [0.25, 0.3) is 5.65 Å². The predicted molar refractivity (Wildman–Crippen MR) is 80.8 cm³/mol. The molecule has 25 heavy (non-hydrogen) atoms. The molecule has 2 heterocycles. The van der Waals surface area contributed by atoms with Gasteiger partial charge in [0.15, 0.2) is 5.65 Å². The third-order valence-electron chi connectivity index (χ3n) is 4.27. The van der Waals surface area contributed by atoms with Crippen molar-refractivity contribution in [2.24, 2.45) is 0 Å². The van der Waals surface area contributed by atoms with Gasteiger partial charge in [-0.15, -0.1) is 0 Å². The van der Waals surface area contributed by atoms with E-state index in [2.05, 4.69) is 10.1 Å². The van der Waals surface area contributed by atoms with Gasteiger partial charge in [0.2, 0.25) is 5.88 Å².